The number of anilines is 2. The van der Waals surface area contributed by atoms with Crippen LogP contribution in [0.25, 0.3) is 11.1 Å². The summed E-state index contributed by atoms with van der Waals surface area (Å²) in [6.45, 7) is 1.71. The summed E-state index contributed by atoms with van der Waals surface area (Å²) in [6.07, 6.45) is -3.57. The van der Waals surface area contributed by atoms with E-state index >= 15 is 0 Å². The van der Waals surface area contributed by atoms with Gasteiger partial charge in [0.2, 0.25) is 5.95 Å². The summed E-state index contributed by atoms with van der Waals surface area (Å²) < 4.78 is 65.3. The first-order valence-electron chi connectivity index (χ1n) is 8.76. The summed E-state index contributed by atoms with van der Waals surface area (Å²) in [4.78, 5) is 7.65. The highest BCUT2D eigenvalue weighted by Crippen LogP contribution is 2.32. The van der Waals surface area contributed by atoms with Gasteiger partial charge in [-0.3, -0.25) is 4.68 Å². The van der Waals surface area contributed by atoms with Crippen LogP contribution in [-0.2, 0) is 6.54 Å². The topological polar surface area (TPSA) is 75.9 Å². The van der Waals surface area contributed by atoms with Gasteiger partial charge in [-0.2, -0.15) is 18.3 Å². The Morgan fingerprint density at radius 2 is 1.90 bits per heavy atom. The molecule has 2 heterocycles. The van der Waals surface area contributed by atoms with Crippen LogP contribution in [0.15, 0.2) is 42.9 Å². The maximum absolute atomic E-state index is 12.9. The second-order valence-corrected chi connectivity index (χ2v) is 7.02. The average molecular weight is 427 g/mol. The number of nitrogens with zero attached hydrogens (tertiary/aromatic N) is 4. The highest BCUT2D eigenvalue weighted by Gasteiger charge is 2.50. The fourth-order valence-corrected chi connectivity index (χ4v) is 2.71. The fraction of sp³-hybridized carbons (Fsp3) is 0.316. The van der Waals surface area contributed by atoms with Crippen molar-refractivity contribution < 1.29 is 27.1 Å². The fourth-order valence-electron chi connectivity index (χ4n) is 2.71. The lowest BCUT2D eigenvalue weighted by Gasteiger charge is -2.25. The van der Waals surface area contributed by atoms with Crippen LogP contribution in [0.4, 0.5) is 33.6 Å². The number of nitrogens with one attached hydrogen (secondary N) is 1. The predicted octanol–water partition coefficient (Wildman–Crippen LogP) is 4.64. The Morgan fingerprint density at radius 1 is 1.17 bits per heavy atom. The van der Waals surface area contributed by atoms with E-state index in [0.29, 0.717) is 23.7 Å². The van der Waals surface area contributed by atoms with Crippen molar-refractivity contribution in [2.75, 3.05) is 5.32 Å². The molecule has 0 spiro atoms. The molecule has 2 N–H and O–H groups in total. The molecule has 3 rings (SSSR count). The van der Waals surface area contributed by atoms with E-state index in [2.05, 4.69) is 20.4 Å². The lowest BCUT2D eigenvalue weighted by Crippen LogP contribution is -2.45. The van der Waals surface area contributed by atoms with Crippen LogP contribution in [-0.4, -0.2) is 36.6 Å². The van der Waals surface area contributed by atoms with Gasteiger partial charge in [-0.05, 0) is 43.2 Å². The molecule has 0 aliphatic rings. The number of alkyl halides is 5. The number of hydrogen-bond donors (Lipinski definition) is 2. The van der Waals surface area contributed by atoms with Crippen LogP contribution in [0.3, 0.4) is 0 Å². The molecule has 0 fully saturated rings. The van der Waals surface area contributed by atoms with Crippen molar-refractivity contribution in [1.82, 2.24) is 19.7 Å². The second kappa shape index (κ2) is 7.98. The summed E-state index contributed by atoms with van der Waals surface area (Å²) in [6, 6.07) is 6.29. The number of aryl methyl sites for hydroxylation is 1. The largest absolute Gasteiger partial charge is 0.418 e. The Bertz CT molecular complexity index is 1030. The van der Waals surface area contributed by atoms with Crippen molar-refractivity contribution in [1.29, 1.82) is 0 Å². The molecule has 0 saturated carbocycles. The Morgan fingerprint density at radius 3 is 2.57 bits per heavy atom. The summed E-state index contributed by atoms with van der Waals surface area (Å²) in [5, 5.41) is 16.4. The molecule has 11 heteroatoms. The van der Waals surface area contributed by atoms with Crippen molar-refractivity contribution in [2.24, 2.45) is 0 Å². The first-order chi connectivity index (χ1) is 13.9. The molecule has 0 amide bonds. The SMILES string of the molecule is Cc1cc(Nc2nccc(C(F)F)n2)cc(-c2cnn(C[C@@](C)(O)C(F)(F)F)c2)c1. The highest BCUT2D eigenvalue weighted by molar-refractivity contribution is 5.70. The normalized spacial score (nSPS) is 14.0. The van der Waals surface area contributed by atoms with Gasteiger partial charge in [-0.15, -0.1) is 0 Å². The molecule has 2 aromatic heterocycles. The molecular formula is C19H18F5N5O. The summed E-state index contributed by atoms with van der Waals surface area (Å²) in [5.41, 5.74) is -0.898. The molecule has 160 valence electrons. The van der Waals surface area contributed by atoms with Crippen LogP contribution < -0.4 is 5.32 Å². The number of aromatic nitrogens is 4. The van der Waals surface area contributed by atoms with Gasteiger partial charge in [0.05, 0.1) is 12.7 Å². The van der Waals surface area contributed by atoms with Crippen LogP contribution in [0.5, 0.6) is 0 Å². The number of hydrogen-bond acceptors (Lipinski definition) is 5. The van der Waals surface area contributed by atoms with E-state index in [4.69, 9.17) is 0 Å². The van der Waals surface area contributed by atoms with Crippen molar-refractivity contribution in [3.05, 3.63) is 54.1 Å². The second-order valence-electron chi connectivity index (χ2n) is 7.02. The summed E-state index contributed by atoms with van der Waals surface area (Å²) in [7, 11) is 0. The van der Waals surface area contributed by atoms with Gasteiger partial charge in [-0.1, -0.05) is 6.07 Å². The van der Waals surface area contributed by atoms with Gasteiger partial charge in [0.1, 0.15) is 5.69 Å². The average Bonchev–Trinajstić information content (AvgIpc) is 3.08. The van der Waals surface area contributed by atoms with Gasteiger partial charge in [0.15, 0.2) is 5.60 Å². The van der Waals surface area contributed by atoms with E-state index in [9.17, 15) is 27.1 Å². The maximum Gasteiger partial charge on any atom is 0.418 e. The minimum Gasteiger partial charge on any atom is -0.379 e. The van der Waals surface area contributed by atoms with Gasteiger partial charge < -0.3 is 10.4 Å². The Kier molecular flexibility index (Phi) is 5.75. The smallest absolute Gasteiger partial charge is 0.379 e. The molecule has 0 radical (unpaired) electrons. The number of rotatable bonds is 6. The first kappa shape index (κ1) is 21.6. The predicted molar refractivity (Wildman–Crippen MR) is 99.4 cm³/mol. The molecule has 30 heavy (non-hydrogen) atoms. The van der Waals surface area contributed by atoms with Crippen LogP contribution in [0.2, 0.25) is 0 Å². The lowest BCUT2D eigenvalue weighted by molar-refractivity contribution is -0.258. The Hall–Kier alpha value is -3.08. The van der Waals surface area contributed by atoms with E-state index in [1.54, 1.807) is 25.1 Å². The molecule has 0 aliphatic carbocycles. The Labute approximate surface area is 168 Å². The highest BCUT2D eigenvalue weighted by atomic mass is 19.4. The van der Waals surface area contributed by atoms with E-state index in [1.807, 2.05) is 0 Å². The van der Waals surface area contributed by atoms with Crippen molar-refractivity contribution in [3.8, 4) is 11.1 Å². The van der Waals surface area contributed by atoms with Gasteiger partial charge >= 0.3 is 6.18 Å². The molecule has 0 aliphatic heterocycles. The van der Waals surface area contributed by atoms with Gasteiger partial charge in [-0.25, -0.2) is 18.7 Å². The summed E-state index contributed by atoms with van der Waals surface area (Å²) in [5.74, 6) is -0.0127. The zero-order chi connectivity index (χ0) is 22.1. The van der Waals surface area contributed by atoms with Crippen molar-refractivity contribution in [2.45, 2.75) is 38.6 Å². The van der Waals surface area contributed by atoms with Crippen molar-refractivity contribution in [3.63, 3.8) is 0 Å². The van der Waals surface area contributed by atoms with E-state index in [0.717, 1.165) is 16.3 Å². The zero-order valence-corrected chi connectivity index (χ0v) is 16.0. The monoisotopic (exact) mass is 427 g/mol. The van der Waals surface area contributed by atoms with Gasteiger partial charge in [0.25, 0.3) is 6.43 Å². The Balaban J connectivity index is 1.84. The first-order valence-corrected chi connectivity index (χ1v) is 8.76. The van der Waals surface area contributed by atoms with Gasteiger partial charge in [0, 0.05) is 23.6 Å². The quantitative estimate of drug-likeness (QED) is 0.561. The molecule has 1 aromatic carbocycles. The molecule has 3 aromatic rings. The summed E-state index contributed by atoms with van der Waals surface area (Å²) >= 11 is 0. The van der Waals surface area contributed by atoms with E-state index < -0.39 is 30.4 Å². The zero-order valence-electron chi connectivity index (χ0n) is 16.0. The molecule has 0 saturated heterocycles. The maximum atomic E-state index is 12.9. The third kappa shape index (κ3) is 4.90. The third-order valence-corrected chi connectivity index (χ3v) is 4.28. The van der Waals surface area contributed by atoms with Crippen LogP contribution in [0.1, 0.15) is 24.6 Å². The van der Waals surface area contributed by atoms with E-state index in [-0.39, 0.29) is 5.95 Å². The lowest BCUT2D eigenvalue weighted by atomic mass is 10.1. The number of benzene rings is 1. The number of halogens is 5. The van der Waals surface area contributed by atoms with E-state index in [1.165, 1.54) is 18.6 Å². The molecule has 0 unspecified atom stereocenters. The molecule has 1 atom stereocenters. The van der Waals surface area contributed by atoms with Crippen LogP contribution >= 0.6 is 0 Å². The molecule has 6 nitrogen and oxygen atoms in total. The van der Waals surface area contributed by atoms with Crippen LogP contribution in [0, 0.1) is 6.92 Å². The third-order valence-electron chi connectivity index (χ3n) is 4.28. The molecule has 0 bridgehead atoms. The minimum atomic E-state index is -4.80. The standard InChI is InChI=1S/C19H18F5N5O/c1-11-5-12(13-8-26-29(9-13)10-18(2,30)19(22,23)24)7-14(6-11)27-17-25-4-3-15(28-17)16(20)21/h3-9,16,30H,10H2,1-2H3,(H,25,27,28)/t18-/m1/s1. The number of aliphatic hydroxyl groups is 1. The minimum absolute atomic E-state index is 0.0127. The molecular weight excluding hydrogens is 409 g/mol. The van der Waals surface area contributed by atoms with Crippen molar-refractivity contribution >= 4 is 11.6 Å².